The molecular formula is C25H36N2O5. The van der Waals surface area contributed by atoms with E-state index in [0.717, 1.165) is 22.1 Å². The summed E-state index contributed by atoms with van der Waals surface area (Å²) in [5.41, 5.74) is 7.38. The number of carbonyl (C=O) groups is 2. The molecule has 0 aliphatic carbocycles. The van der Waals surface area contributed by atoms with Crippen LogP contribution in [0.25, 0.3) is 11.0 Å². The molecule has 7 heteroatoms. The van der Waals surface area contributed by atoms with Gasteiger partial charge in [-0.05, 0) is 83.6 Å². The van der Waals surface area contributed by atoms with Crippen LogP contribution in [-0.2, 0) is 27.2 Å². The number of nitrogens with zero attached hydrogens (tertiary/aromatic N) is 1. The van der Waals surface area contributed by atoms with E-state index in [0.29, 0.717) is 32.5 Å². The Morgan fingerprint density at radius 1 is 1.16 bits per heavy atom. The van der Waals surface area contributed by atoms with Gasteiger partial charge in [-0.15, -0.1) is 0 Å². The smallest absolute Gasteiger partial charge is 0.410 e. The molecule has 0 unspecified atom stereocenters. The lowest BCUT2D eigenvalue weighted by molar-refractivity contribution is -0.161. The maximum absolute atomic E-state index is 13.2. The van der Waals surface area contributed by atoms with Crippen molar-refractivity contribution < 1.29 is 23.5 Å². The molecule has 2 aromatic rings. The zero-order valence-corrected chi connectivity index (χ0v) is 20.1. The second kappa shape index (κ2) is 9.14. The van der Waals surface area contributed by atoms with Gasteiger partial charge in [0.15, 0.2) is 0 Å². The molecule has 0 saturated carbocycles. The van der Waals surface area contributed by atoms with Crippen LogP contribution in [0.3, 0.4) is 0 Å². The highest BCUT2D eigenvalue weighted by molar-refractivity contribution is 5.83. The van der Waals surface area contributed by atoms with Crippen molar-refractivity contribution in [3.05, 3.63) is 35.6 Å². The van der Waals surface area contributed by atoms with E-state index in [2.05, 4.69) is 0 Å². The lowest BCUT2D eigenvalue weighted by atomic mass is 9.85. The van der Waals surface area contributed by atoms with Crippen molar-refractivity contribution in [2.24, 2.45) is 17.6 Å². The van der Waals surface area contributed by atoms with Crippen LogP contribution >= 0.6 is 0 Å². The van der Waals surface area contributed by atoms with E-state index in [4.69, 9.17) is 19.6 Å². The number of fused-ring (bicyclic) bond motifs is 1. The molecule has 1 fully saturated rings. The van der Waals surface area contributed by atoms with Gasteiger partial charge in [-0.2, -0.15) is 0 Å². The quantitative estimate of drug-likeness (QED) is 0.675. The van der Waals surface area contributed by atoms with Crippen LogP contribution in [0.4, 0.5) is 4.79 Å². The topological polar surface area (TPSA) is 95.0 Å². The number of rotatable bonds is 5. The largest absolute Gasteiger partial charge is 0.464 e. The van der Waals surface area contributed by atoms with E-state index in [1.807, 2.05) is 59.7 Å². The van der Waals surface area contributed by atoms with E-state index < -0.39 is 17.1 Å². The van der Waals surface area contributed by atoms with Crippen LogP contribution in [0, 0.1) is 11.8 Å². The summed E-state index contributed by atoms with van der Waals surface area (Å²) in [6, 6.07) is 5.86. The molecule has 2 atom stereocenters. The van der Waals surface area contributed by atoms with Crippen molar-refractivity contribution in [3.8, 4) is 0 Å². The minimum atomic E-state index is -0.593. The molecule has 1 saturated heterocycles. The van der Waals surface area contributed by atoms with Crippen LogP contribution in [0.1, 0.15) is 59.1 Å². The molecule has 2 N–H and O–H groups in total. The van der Waals surface area contributed by atoms with Crippen LogP contribution in [-0.4, -0.2) is 41.3 Å². The Labute approximate surface area is 190 Å². The number of amides is 1. The highest BCUT2D eigenvalue weighted by atomic mass is 16.6. The van der Waals surface area contributed by atoms with Gasteiger partial charge in [-0.25, -0.2) is 4.79 Å². The van der Waals surface area contributed by atoms with E-state index in [1.54, 1.807) is 11.2 Å². The summed E-state index contributed by atoms with van der Waals surface area (Å²) in [5, 5.41) is 0.962. The monoisotopic (exact) mass is 444 g/mol. The SMILES string of the molecule is CC(C)(C)OC(=O)[C@@H](Cc1coc2ccc(CN)cc12)[C@H]1CCN(C(=O)OC(C)(C)C)C1. The van der Waals surface area contributed by atoms with Crippen molar-refractivity contribution in [2.75, 3.05) is 13.1 Å². The molecule has 1 aliphatic heterocycles. The Bertz CT molecular complexity index is 967. The maximum Gasteiger partial charge on any atom is 0.410 e. The highest BCUT2D eigenvalue weighted by Gasteiger charge is 2.39. The fourth-order valence-corrected chi connectivity index (χ4v) is 4.08. The minimum absolute atomic E-state index is 0.0278. The zero-order valence-electron chi connectivity index (χ0n) is 20.1. The van der Waals surface area contributed by atoms with Gasteiger partial charge in [0, 0.05) is 25.0 Å². The number of hydrogen-bond acceptors (Lipinski definition) is 6. The fourth-order valence-electron chi connectivity index (χ4n) is 4.08. The lowest BCUT2D eigenvalue weighted by Crippen LogP contribution is -2.38. The van der Waals surface area contributed by atoms with Crippen molar-refractivity contribution in [1.29, 1.82) is 0 Å². The highest BCUT2D eigenvalue weighted by Crippen LogP contribution is 2.33. The molecule has 1 aromatic heterocycles. The summed E-state index contributed by atoms with van der Waals surface area (Å²) in [6.45, 7) is 12.6. The Morgan fingerprint density at radius 2 is 1.84 bits per heavy atom. The van der Waals surface area contributed by atoms with Crippen molar-refractivity contribution in [2.45, 2.75) is 72.1 Å². The summed E-state index contributed by atoms with van der Waals surface area (Å²) in [6.07, 6.45) is 2.56. The van der Waals surface area contributed by atoms with Gasteiger partial charge in [0.05, 0.1) is 12.2 Å². The van der Waals surface area contributed by atoms with E-state index in [9.17, 15) is 9.59 Å². The number of furan rings is 1. The van der Waals surface area contributed by atoms with Crippen molar-refractivity contribution in [1.82, 2.24) is 4.90 Å². The van der Waals surface area contributed by atoms with Gasteiger partial charge in [0.2, 0.25) is 0 Å². The first-order valence-corrected chi connectivity index (χ1v) is 11.3. The van der Waals surface area contributed by atoms with Crippen LogP contribution in [0.15, 0.2) is 28.9 Å². The molecule has 1 amide bonds. The third kappa shape index (κ3) is 6.03. The Balaban J connectivity index is 1.84. The number of carbonyl (C=O) groups excluding carboxylic acids is 2. The molecule has 0 radical (unpaired) electrons. The zero-order chi connectivity index (χ0) is 23.7. The fraction of sp³-hybridized carbons (Fsp3) is 0.600. The molecule has 7 nitrogen and oxygen atoms in total. The predicted molar refractivity (Wildman–Crippen MR) is 123 cm³/mol. The summed E-state index contributed by atoms with van der Waals surface area (Å²) < 4.78 is 17.0. The third-order valence-electron chi connectivity index (χ3n) is 5.55. The van der Waals surface area contributed by atoms with E-state index in [-0.39, 0.29) is 18.0 Å². The van der Waals surface area contributed by atoms with Gasteiger partial charge in [0.25, 0.3) is 0 Å². The standard InChI is InChI=1S/C25H36N2O5/c1-24(2,3)31-22(28)20(17-9-10-27(14-17)23(29)32-25(4,5)6)12-18-15-30-21-8-7-16(13-26)11-19(18)21/h7-8,11,15,17,20H,9-10,12-14,26H2,1-6H3/t17-,20-/m0/s1. The van der Waals surface area contributed by atoms with Crippen LogP contribution in [0.2, 0.25) is 0 Å². The summed E-state index contributed by atoms with van der Waals surface area (Å²) in [4.78, 5) is 27.5. The molecule has 32 heavy (non-hydrogen) atoms. The van der Waals surface area contributed by atoms with Crippen LogP contribution in [0.5, 0.6) is 0 Å². The lowest BCUT2D eigenvalue weighted by Gasteiger charge is -2.28. The molecule has 0 bridgehead atoms. The van der Waals surface area contributed by atoms with Crippen molar-refractivity contribution in [3.63, 3.8) is 0 Å². The average molecular weight is 445 g/mol. The average Bonchev–Trinajstić information content (AvgIpc) is 3.30. The molecular weight excluding hydrogens is 408 g/mol. The number of esters is 1. The Morgan fingerprint density at radius 3 is 2.47 bits per heavy atom. The van der Waals surface area contributed by atoms with Gasteiger partial charge in [-0.1, -0.05) is 6.07 Å². The first-order valence-electron chi connectivity index (χ1n) is 11.3. The second-order valence-electron chi connectivity index (χ2n) is 10.6. The van der Waals surface area contributed by atoms with E-state index >= 15 is 0 Å². The second-order valence-corrected chi connectivity index (χ2v) is 10.6. The molecule has 0 spiro atoms. The Kier molecular flexibility index (Phi) is 6.89. The summed E-state index contributed by atoms with van der Waals surface area (Å²) >= 11 is 0. The molecule has 1 aromatic carbocycles. The first kappa shape index (κ1) is 24.1. The van der Waals surface area contributed by atoms with Gasteiger partial charge < -0.3 is 24.5 Å². The summed E-state index contributed by atoms with van der Waals surface area (Å²) in [7, 11) is 0. The first-order chi connectivity index (χ1) is 14.9. The number of hydrogen-bond donors (Lipinski definition) is 1. The molecule has 1 aliphatic rings. The number of nitrogens with two attached hydrogens (primary N) is 1. The number of ether oxygens (including phenoxy) is 2. The number of likely N-dealkylation sites (tertiary alicyclic amines) is 1. The molecule has 176 valence electrons. The van der Waals surface area contributed by atoms with Crippen LogP contribution < -0.4 is 5.73 Å². The minimum Gasteiger partial charge on any atom is -0.464 e. The van der Waals surface area contributed by atoms with E-state index in [1.165, 1.54) is 0 Å². The van der Waals surface area contributed by atoms with Gasteiger partial charge >= 0.3 is 12.1 Å². The predicted octanol–water partition coefficient (Wildman–Crippen LogP) is 4.65. The number of benzene rings is 1. The van der Waals surface area contributed by atoms with Gasteiger partial charge in [-0.3, -0.25) is 4.79 Å². The third-order valence-corrected chi connectivity index (χ3v) is 5.55. The maximum atomic E-state index is 13.2. The Hall–Kier alpha value is -2.54. The normalized spacial score (nSPS) is 18.1. The van der Waals surface area contributed by atoms with Crippen molar-refractivity contribution >= 4 is 23.0 Å². The van der Waals surface area contributed by atoms with Gasteiger partial charge in [0.1, 0.15) is 16.8 Å². The molecule has 2 heterocycles. The molecule has 3 rings (SSSR count). The summed E-state index contributed by atoms with van der Waals surface area (Å²) in [5.74, 6) is -0.679.